The largest absolute Gasteiger partial charge is 0.371 e. The van der Waals surface area contributed by atoms with Crippen molar-refractivity contribution >= 4 is 5.69 Å². The van der Waals surface area contributed by atoms with Gasteiger partial charge >= 0.3 is 0 Å². The standard InChI is InChI=1S/C15H23N3/c1-7-16-8-2-13(1)14-5-11-18(12-6-14)15-3-9-17-10-4-15/h3-4,9-10,13-14,16H,1-2,5-8,11-12H2. The first-order valence-electron chi connectivity index (χ1n) is 7.29. The molecule has 1 aromatic heterocycles. The van der Waals surface area contributed by atoms with Crippen molar-refractivity contribution in [1.82, 2.24) is 10.3 Å². The van der Waals surface area contributed by atoms with Crippen LogP contribution in [0.4, 0.5) is 5.69 Å². The summed E-state index contributed by atoms with van der Waals surface area (Å²) < 4.78 is 0. The van der Waals surface area contributed by atoms with Crippen LogP contribution >= 0.6 is 0 Å². The first-order chi connectivity index (χ1) is 8.93. The molecule has 1 aromatic rings. The van der Waals surface area contributed by atoms with Crippen LogP contribution in [-0.4, -0.2) is 31.2 Å². The van der Waals surface area contributed by atoms with Crippen LogP contribution in [0, 0.1) is 11.8 Å². The smallest absolute Gasteiger partial charge is 0.0397 e. The molecular formula is C15H23N3. The van der Waals surface area contributed by atoms with Gasteiger partial charge in [-0.3, -0.25) is 4.98 Å². The Labute approximate surface area is 110 Å². The van der Waals surface area contributed by atoms with E-state index < -0.39 is 0 Å². The molecule has 2 fully saturated rings. The van der Waals surface area contributed by atoms with Crippen molar-refractivity contribution in [3.8, 4) is 0 Å². The third-order valence-corrected chi connectivity index (χ3v) is 4.62. The van der Waals surface area contributed by atoms with Gasteiger partial charge in [-0.15, -0.1) is 0 Å². The molecule has 3 rings (SSSR count). The predicted molar refractivity (Wildman–Crippen MR) is 74.8 cm³/mol. The van der Waals surface area contributed by atoms with Crippen LogP contribution in [-0.2, 0) is 0 Å². The normalized spacial score (nSPS) is 23.2. The van der Waals surface area contributed by atoms with Gasteiger partial charge in [-0.05, 0) is 62.7 Å². The molecular weight excluding hydrogens is 222 g/mol. The minimum atomic E-state index is 0.963. The molecule has 3 heteroatoms. The Morgan fingerprint density at radius 2 is 1.56 bits per heavy atom. The molecule has 1 N–H and O–H groups in total. The molecule has 98 valence electrons. The number of nitrogens with one attached hydrogen (secondary N) is 1. The van der Waals surface area contributed by atoms with E-state index in [1.807, 2.05) is 12.4 Å². The molecule has 0 bridgehead atoms. The van der Waals surface area contributed by atoms with Gasteiger partial charge in [-0.2, -0.15) is 0 Å². The van der Waals surface area contributed by atoms with Crippen molar-refractivity contribution in [2.24, 2.45) is 11.8 Å². The number of rotatable bonds is 2. The van der Waals surface area contributed by atoms with Crippen LogP contribution in [0.25, 0.3) is 0 Å². The molecule has 2 aliphatic heterocycles. The second-order valence-electron chi connectivity index (χ2n) is 5.62. The van der Waals surface area contributed by atoms with Gasteiger partial charge in [-0.25, -0.2) is 0 Å². The topological polar surface area (TPSA) is 28.2 Å². The third-order valence-electron chi connectivity index (χ3n) is 4.62. The SMILES string of the molecule is c1cc(N2CCC(C3CCNCC3)CC2)ccn1. The summed E-state index contributed by atoms with van der Waals surface area (Å²) in [4.78, 5) is 6.61. The lowest BCUT2D eigenvalue weighted by molar-refractivity contribution is 0.222. The van der Waals surface area contributed by atoms with Gasteiger partial charge in [-0.1, -0.05) is 0 Å². The van der Waals surface area contributed by atoms with E-state index >= 15 is 0 Å². The van der Waals surface area contributed by atoms with Crippen LogP contribution in [0.3, 0.4) is 0 Å². The van der Waals surface area contributed by atoms with Crippen LogP contribution in [0.1, 0.15) is 25.7 Å². The lowest BCUT2D eigenvalue weighted by Crippen LogP contribution is -2.39. The van der Waals surface area contributed by atoms with Gasteiger partial charge in [0.1, 0.15) is 0 Å². The van der Waals surface area contributed by atoms with E-state index in [0.717, 1.165) is 11.8 Å². The van der Waals surface area contributed by atoms with E-state index in [-0.39, 0.29) is 0 Å². The zero-order valence-corrected chi connectivity index (χ0v) is 11.0. The van der Waals surface area contributed by atoms with Gasteiger partial charge < -0.3 is 10.2 Å². The van der Waals surface area contributed by atoms with Gasteiger partial charge in [0.2, 0.25) is 0 Å². The van der Waals surface area contributed by atoms with E-state index in [1.165, 1.54) is 57.5 Å². The highest BCUT2D eigenvalue weighted by atomic mass is 15.1. The number of hydrogen-bond donors (Lipinski definition) is 1. The van der Waals surface area contributed by atoms with Crippen molar-refractivity contribution in [2.45, 2.75) is 25.7 Å². The summed E-state index contributed by atoms with van der Waals surface area (Å²) in [6.45, 7) is 4.90. The van der Waals surface area contributed by atoms with Crippen molar-refractivity contribution < 1.29 is 0 Å². The molecule has 3 heterocycles. The third kappa shape index (κ3) is 2.66. The number of aromatic nitrogens is 1. The molecule has 0 radical (unpaired) electrons. The lowest BCUT2D eigenvalue weighted by atomic mass is 9.79. The molecule has 0 atom stereocenters. The van der Waals surface area contributed by atoms with Crippen molar-refractivity contribution in [1.29, 1.82) is 0 Å². The van der Waals surface area contributed by atoms with Crippen LogP contribution < -0.4 is 10.2 Å². The minimum Gasteiger partial charge on any atom is -0.371 e. The summed E-state index contributed by atoms with van der Waals surface area (Å²) >= 11 is 0. The van der Waals surface area contributed by atoms with Gasteiger partial charge in [0.15, 0.2) is 0 Å². The summed E-state index contributed by atoms with van der Waals surface area (Å²) in [5.74, 6) is 1.94. The molecule has 0 aromatic carbocycles. The average Bonchev–Trinajstić information content (AvgIpc) is 2.49. The molecule has 0 spiro atoms. The maximum absolute atomic E-state index is 4.09. The van der Waals surface area contributed by atoms with Crippen LogP contribution in [0.2, 0.25) is 0 Å². The highest BCUT2D eigenvalue weighted by molar-refractivity contribution is 5.44. The maximum atomic E-state index is 4.09. The molecule has 0 saturated carbocycles. The van der Waals surface area contributed by atoms with E-state index in [0.29, 0.717) is 0 Å². The number of nitrogens with zero attached hydrogens (tertiary/aromatic N) is 2. The fourth-order valence-electron chi connectivity index (χ4n) is 3.50. The monoisotopic (exact) mass is 245 g/mol. The Balaban J connectivity index is 1.54. The molecule has 3 nitrogen and oxygen atoms in total. The molecule has 2 aliphatic rings. The van der Waals surface area contributed by atoms with E-state index in [4.69, 9.17) is 0 Å². The van der Waals surface area contributed by atoms with Crippen molar-refractivity contribution in [3.05, 3.63) is 24.5 Å². The molecule has 0 aliphatic carbocycles. The average molecular weight is 245 g/mol. The summed E-state index contributed by atoms with van der Waals surface area (Å²) in [5.41, 5.74) is 1.34. The Kier molecular flexibility index (Phi) is 3.79. The fourth-order valence-corrected chi connectivity index (χ4v) is 3.50. The van der Waals surface area contributed by atoms with E-state index in [1.54, 1.807) is 0 Å². The Morgan fingerprint density at radius 3 is 2.22 bits per heavy atom. The Morgan fingerprint density at radius 1 is 0.944 bits per heavy atom. The summed E-state index contributed by atoms with van der Waals surface area (Å²) in [5, 5.41) is 3.47. The fraction of sp³-hybridized carbons (Fsp3) is 0.667. The van der Waals surface area contributed by atoms with Gasteiger partial charge in [0.25, 0.3) is 0 Å². The highest BCUT2D eigenvalue weighted by Crippen LogP contribution is 2.32. The summed E-state index contributed by atoms with van der Waals surface area (Å²) in [6.07, 6.45) is 9.31. The lowest BCUT2D eigenvalue weighted by Gasteiger charge is -2.38. The zero-order chi connectivity index (χ0) is 12.2. The number of anilines is 1. The molecule has 2 saturated heterocycles. The molecule has 0 unspecified atom stereocenters. The molecule has 0 amide bonds. The Hall–Kier alpha value is -1.09. The first-order valence-corrected chi connectivity index (χ1v) is 7.29. The quantitative estimate of drug-likeness (QED) is 0.866. The first kappa shape index (κ1) is 12.0. The number of pyridine rings is 1. The predicted octanol–water partition coefficient (Wildman–Crippen LogP) is 2.30. The summed E-state index contributed by atoms with van der Waals surface area (Å²) in [6, 6.07) is 4.26. The maximum Gasteiger partial charge on any atom is 0.0397 e. The number of hydrogen-bond acceptors (Lipinski definition) is 3. The number of piperidine rings is 2. The minimum absolute atomic E-state index is 0.963. The molecule has 18 heavy (non-hydrogen) atoms. The van der Waals surface area contributed by atoms with Gasteiger partial charge in [0, 0.05) is 31.2 Å². The van der Waals surface area contributed by atoms with Crippen molar-refractivity contribution in [2.75, 3.05) is 31.1 Å². The van der Waals surface area contributed by atoms with E-state index in [2.05, 4.69) is 27.3 Å². The summed E-state index contributed by atoms with van der Waals surface area (Å²) in [7, 11) is 0. The van der Waals surface area contributed by atoms with Gasteiger partial charge in [0.05, 0.1) is 0 Å². The van der Waals surface area contributed by atoms with Crippen molar-refractivity contribution in [3.63, 3.8) is 0 Å². The second kappa shape index (κ2) is 5.70. The zero-order valence-electron chi connectivity index (χ0n) is 11.0. The van der Waals surface area contributed by atoms with E-state index in [9.17, 15) is 0 Å². The van der Waals surface area contributed by atoms with Crippen LogP contribution in [0.5, 0.6) is 0 Å². The second-order valence-corrected chi connectivity index (χ2v) is 5.62. The van der Waals surface area contributed by atoms with Crippen LogP contribution in [0.15, 0.2) is 24.5 Å². The Bertz CT molecular complexity index is 351. The highest BCUT2D eigenvalue weighted by Gasteiger charge is 2.27.